The van der Waals surface area contributed by atoms with Crippen LogP contribution in [0.25, 0.3) is 0 Å². The largest absolute Gasteiger partial charge is 0.475 e. The number of rotatable bonds is 9. The van der Waals surface area contributed by atoms with Crippen molar-refractivity contribution in [1.82, 2.24) is 19.7 Å². The second-order valence-corrected chi connectivity index (χ2v) is 10.9. The first-order chi connectivity index (χ1) is 17.8. The van der Waals surface area contributed by atoms with Crippen LogP contribution in [0.4, 0.5) is 32.8 Å². The number of halogens is 4. The van der Waals surface area contributed by atoms with Crippen molar-refractivity contribution in [3.05, 3.63) is 53.0 Å². The molecule has 16 heteroatoms. The number of carbonyl (C=O) groups is 2. The van der Waals surface area contributed by atoms with E-state index in [4.69, 9.17) is 9.47 Å². The second-order valence-electron chi connectivity index (χ2n) is 9.37. The van der Waals surface area contributed by atoms with E-state index >= 15 is 0 Å². The maximum absolute atomic E-state index is 14.5. The van der Waals surface area contributed by atoms with Crippen molar-refractivity contribution in [2.75, 3.05) is 5.32 Å². The number of ether oxygens (including phenoxy) is 2. The minimum absolute atomic E-state index is 0.00712. The molecule has 0 atom stereocenters. The van der Waals surface area contributed by atoms with Gasteiger partial charge < -0.3 is 20.1 Å². The van der Waals surface area contributed by atoms with Crippen molar-refractivity contribution in [3.63, 3.8) is 0 Å². The summed E-state index contributed by atoms with van der Waals surface area (Å²) >= 11 is 0. The molecule has 11 nitrogen and oxygen atoms in total. The van der Waals surface area contributed by atoms with Gasteiger partial charge in [0.05, 0.1) is 6.10 Å². The first-order valence-electron chi connectivity index (χ1n) is 11.4. The van der Waals surface area contributed by atoms with E-state index in [0.29, 0.717) is 0 Å². The minimum atomic E-state index is -4.68. The van der Waals surface area contributed by atoms with Crippen LogP contribution in [-0.2, 0) is 34.2 Å². The third-order valence-electron chi connectivity index (χ3n) is 4.40. The maximum Gasteiger partial charge on any atom is 0.433 e. The number of pyridine rings is 1. The van der Waals surface area contributed by atoms with Crippen LogP contribution in [0.3, 0.4) is 0 Å². The van der Waals surface area contributed by atoms with Gasteiger partial charge in [0.1, 0.15) is 17.1 Å². The van der Waals surface area contributed by atoms with Crippen LogP contribution in [0.2, 0.25) is 0 Å². The zero-order valence-corrected chi connectivity index (χ0v) is 22.5. The van der Waals surface area contributed by atoms with Gasteiger partial charge in [0.25, 0.3) is 0 Å². The lowest BCUT2D eigenvalue weighted by Gasteiger charge is -2.19. The Morgan fingerprint density at radius 1 is 1.03 bits per heavy atom. The molecule has 0 bridgehead atoms. The molecule has 2 aromatic rings. The average molecular weight is 580 g/mol. The summed E-state index contributed by atoms with van der Waals surface area (Å²) in [5.74, 6) is -1.16. The number of nitrogens with zero attached hydrogens (tertiary/aromatic N) is 1. The van der Waals surface area contributed by atoms with Gasteiger partial charge in [-0.3, -0.25) is 0 Å². The Kier molecular flexibility index (Phi) is 10.1. The molecule has 0 saturated carbocycles. The highest BCUT2D eigenvalue weighted by Gasteiger charge is 2.33. The summed E-state index contributed by atoms with van der Waals surface area (Å²) in [5.41, 5.74) is -1.99. The van der Waals surface area contributed by atoms with Gasteiger partial charge in [-0.2, -0.15) is 26.3 Å². The number of aromatic nitrogens is 1. The quantitative estimate of drug-likeness (QED) is 0.326. The lowest BCUT2D eigenvalue weighted by molar-refractivity contribution is -0.141. The first-order valence-corrected chi connectivity index (χ1v) is 12.9. The Morgan fingerprint density at radius 2 is 1.67 bits per heavy atom. The minimum Gasteiger partial charge on any atom is -0.475 e. The number of anilines is 1. The van der Waals surface area contributed by atoms with E-state index in [2.05, 4.69) is 15.6 Å². The second kappa shape index (κ2) is 12.5. The highest BCUT2D eigenvalue weighted by atomic mass is 32.2. The van der Waals surface area contributed by atoms with Gasteiger partial charge in [-0.1, -0.05) is 6.07 Å². The van der Waals surface area contributed by atoms with Gasteiger partial charge in [0.15, 0.2) is 0 Å². The van der Waals surface area contributed by atoms with E-state index < -0.39 is 58.3 Å². The Bertz CT molecular complexity index is 1300. The topological polar surface area (TPSA) is 148 Å². The van der Waals surface area contributed by atoms with Crippen molar-refractivity contribution in [1.29, 1.82) is 0 Å². The standard InChI is InChI=1S/C23H29F4N5O6S/c1-13(2)37-19-15(7-9-18(31-19)23(25,26)27)11-28-20(33)30-16-8-6-14(17(24)10-16)12-29-39(35,36)32-21(34)38-22(3,4)5/h6-10,13,29H,11-12H2,1-5H3,(H,32,34)(H2,28,30,33). The third-order valence-corrected chi connectivity index (χ3v) is 5.36. The molecular formula is C23H29F4N5O6S. The van der Waals surface area contributed by atoms with Gasteiger partial charge in [-0.15, -0.1) is 0 Å². The van der Waals surface area contributed by atoms with E-state index in [9.17, 15) is 35.6 Å². The average Bonchev–Trinajstić information content (AvgIpc) is 2.74. The molecule has 0 fully saturated rings. The predicted octanol–water partition coefficient (Wildman–Crippen LogP) is 4.21. The molecule has 2 rings (SSSR count). The van der Waals surface area contributed by atoms with Gasteiger partial charge >= 0.3 is 28.5 Å². The van der Waals surface area contributed by atoms with Crippen LogP contribution >= 0.6 is 0 Å². The van der Waals surface area contributed by atoms with Gasteiger partial charge in [-0.05, 0) is 58.9 Å². The van der Waals surface area contributed by atoms with Crippen molar-refractivity contribution >= 4 is 28.0 Å². The third kappa shape index (κ3) is 10.9. The fourth-order valence-electron chi connectivity index (χ4n) is 2.82. The predicted molar refractivity (Wildman–Crippen MR) is 132 cm³/mol. The van der Waals surface area contributed by atoms with Crippen LogP contribution in [-0.4, -0.2) is 37.2 Å². The zero-order valence-electron chi connectivity index (χ0n) is 21.7. The van der Waals surface area contributed by atoms with Gasteiger partial charge in [-0.25, -0.2) is 23.7 Å². The first kappa shape index (κ1) is 31.6. The molecule has 4 N–H and O–H groups in total. The molecule has 0 spiro atoms. The van der Waals surface area contributed by atoms with Crippen molar-refractivity contribution in [2.45, 2.75) is 65.6 Å². The fraction of sp³-hybridized carbons (Fsp3) is 0.435. The molecule has 0 radical (unpaired) electrons. The van der Waals surface area contributed by atoms with Crippen LogP contribution in [0, 0.1) is 5.82 Å². The lowest BCUT2D eigenvalue weighted by atomic mass is 10.2. The Balaban J connectivity index is 1.98. The summed E-state index contributed by atoms with van der Waals surface area (Å²) in [6.07, 6.45) is -6.37. The SMILES string of the molecule is CC(C)Oc1nc(C(F)(F)F)ccc1CNC(=O)Nc1ccc(CNS(=O)(=O)NC(=O)OC(C)(C)C)c(F)c1. The summed E-state index contributed by atoms with van der Waals surface area (Å²) < 4.78 is 91.2. The van der Waals surface area contributed by atoms with Crippen LogP contribution < -0.4 is 24.8 Å². The number of benzene rings is 1. The summed E-state index contributed by atoms with van der Waals surface area (Å²) in [7, 11) is -4.35. The number of hydrogen-bond acceptors (Lipinski definition) is 7. The number of alkyl halides is 3. The number of carbonyl (C=O) groups excluding carboxylic acids is 2. The van der Waals surface area contributed by atoms with Gasteiger partial charge in [0, 0.05) is 29.9 Å². The number of hydrogen-bond donors (Lipinski definition) is 4. The van der Waals surface area contributed by atoms with Crippen molar-refractivity contribution < 1.29 is 45.0 Å². The van der Waals surface area contributed by atoms with Gasteiger partial charge in [0.2, 0.25) is 5.88 Å². The van der Waals surface area contributed by atoms with E-state index in [1.165, 1.54) is 12.1 Å². The number of nitrogens with one attached hydrogen (secondary N) is 4. The lowest BCUT2D eigenvalue weighted by Crippen LogP contribution is -2.42. The number of urea groups is 1. The Morgan fingerprint density at radius 3 is 2.23 bits per heavy atom. The highest BCUT2D eigenvalue weighted by Crippen LogP contribution is 2.30. The monoisotopic (exact) mass is 579 g/mol. The van der Waals surface area contributed by atoms with Crippen molar-refractivity contribution in [3.8, 4) is 5.88 Å². The molecule has 0 unspecified atom stereocenters. The number of amides is 3. The van der Waals surface area contributed by atoms with Crippen LogP contribution in [0.1, 0.15) is 51.4 Å². The molecule has 216 valence electrons. The zero-order chi connectivity index (χ0) is 29.6. The molecule has 0 aliphatic rings. The Labute approximate surface area is 222 Å². The van der Waals surface area contributed by atoms with Crippen molar-refractivity contribution in [2.24, 2.45) is 0 Å². The van der Waals surface area contributed by atoms with Crippen LogP contribution in [0.5, 0.6) is 5.88 Å². The molecule has 0 saturated heterocycles. The maximum atomic E-state index is 14.5. The highest BCUT2D eigenvalue weighted by molar-refractivity contribution is 7.88. The smallest absolute Gasteiger partial charge is 0.433 e. The molecule has 0 aliphatic heterocycles. The van der Waals surface area contributed by atoms with E-state index in [1.807, 2.05) is 4.72 Å². The van der Waals surface area contributed by atoms with Crippen LogP contribution in [0.15, 0.2) is 30.3 Å². The molecular weight excluding hydrogens is 550 g/mol. The van der Waals surface area contributed by atoms with E-state index in [-0.39, 0.29) is 29.2 Å². The summed E-state index contributed by atoms with van der Waals surface area (Å²) in [5, 5.41) is 4.77. The molecule has 1 aromatic heterocycles. The fourth-order valence-corrected chi connectivity index (χ4v) is 3.50. The summed E-state index contributed by atoms with van der Waals surface area (Å²) in [6.45, 7) is 7.08. The summed E-state index contributed by atoms with van der Waals surface area (Å²) in [6, 6.07) is 4.50. The molecule has 1 heterocycles. The summed E-state index contributed by atoms with van der Waals surface area (Å²) in [4.78, 5) is 27.4. The van der Waals surface area contributed by atoms with E-state index in [0.717, 1.165) is 18.2 Å². The molecule has 1 aromatic carbocycles. The molecule has 39 heavy (non-hydrogen) atoms. The molecule has 3 amide bonds. The normalized spacial score (nSPS) is 12.2. The Hall–Kier alpha value is -3.66. The molecule has 0 aliphatic carbocycles. The van der Waals surface area contributed by atoms with E-state index in [1.54, 1.807) is 39.3 Å².